The molecule has 4 heteroatoms. The number of hydrogen-bond donors (Lipinski definition) is 1. The molecule has 0 bridgehead atoms. The summed E-state index contributed by atoms with van der Waals surface area (Å²) in [5.41, 5.74) is 1.55. The van der Waals surface area contributed by atoms with Crippen molar-refractivity contribution in [2.24, 2.45) is 0 Å². The summed E-state index contributed by atoms with van der Waals surface area (Å²) >= 11 is 0. The van der Waals surface area contributed by atoms with Crippen LogP contribution in [0, 0.1) is 12.7 Å². The summed E-state index contributed by atoms with van der Waals surface area (Å²) in [7, 11) is 0. The minimum Gasteiger partial charge on any atom is -0.315 e. The Morgan fingerprint density at radius 1 is 1.50 bits per heavy atom. The van der Waals surface area contributed by atoms with Crippen molar-refractivity contribution >= 4 is 10.9 Å². The van der Waals surface area contributed by atoms with Crippen molar-refractivity contribution in [2.75, 3.05) is 13.1 Å². The van der Waals surface area contributed by atoms with E-state index in [1.807, 2.05) is 17.7 Å². The SMILES string of the molecule is Cc1nn(C2CCNC2)c2c(F)cccc12. The molecule has 1 atom stereocenters. The van der Waals surface area contributed by atoms with E-state index in [2.05, 4.69) is 10.4 Å². The molecule has 3 nitrogen and oxygen atoms in total. The normalized spacial score (nSPS) is 20.8. The van der Waals surface area contributed by atoms with Crippen molar-refractivity contribution in [1.82, 2.24) is 15.1 Å². The van der Waals surface area contributed by atoms with Crippen LogP contribution >= 0.6 is 0 Å². The van der Waals surface area contributed by atoms with Crippen LogP contribution in [0.15, 0.2) is 18.2 Å². The van der Waals surface area contributed by atoms with Gasteiger partial charge in [-0.1, -0.05) is 12.1 Å². The van der Waals surface area contributed by atoms with Crippen LogP contribution in [0.5, 0.6) is 0 Å². The first-order chi connectivity index (χ1) is 7.77. The molecule has 1 N–H and O–H groups in total. The molecule has 1 aliphatic rings. The molecule has 1 fully saturated rings. The van der Waals surface area contributed by atoms with Gasteiger partial charge in [0.1, 0.15) is 11.3 Å². The highest BCUT2D eigenvalue weighted by molar-refractivity contribution is 5.82. The topological polar surface area (TPSA) is 29.9 Å². The number of nitrogens with zero attached hydrogens (tertiary/aromatic N) is 2. The Kier molecular flexibility index (Phi) is 2.17. The van der Waals surface area contributed by atoms with E-state index in [0.29, 0.717) is 5.52 Å². The molecule has 1 aromatic heterocycles. The van der Waals surface area contributed by atoms with Crippen molar-refractivity contribution in [2.45, 2.75) is 19.4 Å². The number of rotatable bonds is 1. The summed E-state index contributed by atoms with van der Waals surface area (Å²) in [6.45, 7) is 3.80. The van der Waals surface area contributed by atoms with Crippen LogP contribution in [0.3, 0.4) is 0 Å². The van der Waals surface area contributed by atoms with Crippen LogP contribution in [0.2, 0.25) is 0 Å². The fraction of sp³-hybridized carbons (Fsp3) is 0.417. The van der Waals surface area contributed by atoms with Crippen LogP contribution in [-0.2, 0) is 0 Å². The summed E-state index contributed by atoms with van der Waals surface area (Å²) in [4.78, 5) is 0. The Morgan fingerprint density at radius 2 is 2.38 bits per heavy atom. The van der Waals surface area contributed by atoms with Gasteiger partial charge in [-0.25, -0.2) is 4.39 Å². The highest BCUT2D eigenvalue weighted by atomic mass is 19.1. The molecule has 1 aliphatic heterocycles. The maximum atomic E-state index is 13.8. The van der Waals surface area contributed by atoms with Gasteiger partial charge in [0.05, 0.1) is 11.7 Å². The summed E-state index contributed by atoms with van der Waals surface area (Å²) in [6.07, 6.45) is 1.02. The van der Waals surface area contributed by atoms with Crippen LogP contribution in [-0.4, -0.2) is 22.9 Å². The molecule has 2 aromatic rings. The third-order valence-electron chi connectivity index (χ3n) is 3.24. The van der Waals surface area contributed by atoms with Crippen LogP contribution < -0.4 is 5.32 Å². The van der Waals surface area contributed by atoms with E-state index in [0.717, 1.165) is 30.6 Å². The quantitative estimate of drug-likeness (QED) is 0.795. The van der Waals surface area contributed by atoms with E-state index in [-0.39, 0.29) is 11.9 Å². The molecule has 2 heterocycles. The maximum Gasteiger partial charge on any atom is 0.149 e. The van der Waals surface area contributed by atoms with Crippen molar-refractivity contribution in [3.05, 3.63) is 29.7 Å². The molecule has 0 radical (unpaired) electrons. The van der Waals surface area contributed by atoms with E-state index in [9.17, 15) is 4.39 Å². The number of aromatic nitrogens is 2. The minimum atomic E-state index is -0.176. The lowest BCUT2D eigenvalue weighted by Gasteiger charge is -2.10. The number of nitrogens with one attached hydrogen (secondary N) is 1. The molecule has 0 aliphatic carbocycles. The molecular weight excluding hydrogens is 205 g/mol. The minimum absolute atomic E-state index is 0.176. The fourth-order valence-corrected chi connectivity index (χ4v) is 2.42. The third-order valence-corrected chi connectivity index (χ3v) is 3.24. The van der Waals surface area contributed by atoms with Gasteiger partial charge in [-0.05, 0) is 26.0 Å². The van der Waals surface area contributed by atoms with Crippen LogP contribution in [0.4, 0.5) is 4.39 Å². The lowest BCUT2D eigenvalue weighted by Crippen LogP contribution is -2.14. The fourth-order valence-electron chi connectivity index (χ4n) is 2.42. The van der Waals surface area contributed by atoms with Gasteiger partial charge in [0.25, 0.3) is 0 Å². The van der Waals surface area contributed by atoms with E-state index >= 15 is 0 Å². The van der Waals surface area contributed by atoms with Crippen LogP contribution in [0.1, 0.15) is 18.2 Å². The van der Waals surface area contributed by atoms with Gasteiger partial charge >= 0.3 is 0 Å². The Morgan fingerprint density at radius 3 is 3.12 bits per heavy atom. The lowest BCUT2D eigenvalue weighted by molar-refractivity contribution is 0.494. The van der Waals surface area contributed by atoms with Crippen molar-refractivity contribution in [1.29, 1.82) is 0 Å². The predicted octanol–water partition coefficient (Wildman–Crippen LogP) is 2.02. The van der Waals surface area contributed by atoms with Crippen molar-refractivity contribution < 1.29 is 4.39 Å². The summed E-state index contributed by atoms with van der Waals surface area (Å²) in [5.74, 6) is -0.176. The second-order valence-electron chi connectivity index (χ2n) is 4.31. The van der Waals surface area contributed by atoms with Gasteiger partial charge in [0, 0.05) is 11.9 Å². The Hall–Kier alpha value is -1.42. The largest absolute Gasteiger partial charge is 0.315 e. The highest BCUT2D eigenvalue weighted by Gasteiger charge is 2.21. The van der Waals surface area contributed by atoms with Gasteiger partial charge in [0.15, 0.2) is 0 Å². The monoisotopic (exact) mass is 219 g/mol. The zero-order chi connectivity index (χ0) is 11.1. The van der Waals surface area contributed by atoms with Gasteiger partial charge < -0.3 is 5.32 Å². The second kappa shape index (κ2) is 3.56. The van der Waals surface area contributed by atoms with E-state index in [4.69, 9.17) is 0 Å². The molecule has 84 valence electrons. The molecular formula is C12H14FN3. The standard InChI is InChI=1S/C12H14FN3/c1-8-10-3-2-4-11(13)12(10)16(15-8)9-5-6-14-7-9/h2-4,9,14H,5-7H2,1H3. The Labute approximate surface area is 93.3 Å². The smallest absolute Gasteiger partial charge is 0.149 e. The van der Waals surface area contributed by atoms with Crippen LogP contribution in [0.25, 0.3) is 10.9 Å². The van der Waals surface area contributed by atoms with Gasteiger partial charge in [-0.3, -0.25) is 4.68 Å². The van der Waals surface area contributed by atoms with Crippen molar-refractivity contribution in [3.63, 3.8) is 0 Å². The highest BCUT2D eigenvalue weighted by Crippen LogP contribution is 2.26. The number of hydrogen-bond acceptors (Lipinski definition) is 2. The second-order valence-corrected chi connectivity index (χ2v) is 4.31. The van der Waals surface area contributed by atoms with Gasteiger partial charge in [0.2, 0.25) is 0 Å². The average molecular weight is 219 g/mol. The third kappa shape index (κ3) is 1.33. The molecule has 1 aromatic carbocycles. The molecule has 0 amide bonds. The predicted molar refractivity (Wildman–Crippen MR) is 61.0 cm³/mol. The molecule has 1 unspecified atom stereocenters. The summed E-state index contributed by atoms with van der Waals surface area (Å²) in [5, 5.41) is 8.67. The Bertz CT molecular complexity index is 526. The number of aryl methyl sites for hydroxylation is 1. The first-order valence-corrected chi connectivity index (χ1v) is 5.61. The van der Waals surface area contributed by atoms with E-state index in [1.54, 1.807) is 6.07 Å². The zero-order valence-electron chi connectivity index (χ0n) is 9.20. The number of fused-ring (bicyclic) bond motifs is 1. The maximum absolute atomic E-state index is 13.8. The molecule has 16 heavy (non-hydrogen) atoms. The number of benzene rings is 1. The first kappa shape index (κ1) is 9.78. The molecule has 3 rings (SSSR count). The van der Waals surface area contributed by atoms with E-state index < -0.39 is 0 Å². The molecule has 0 saturated carbocycles. The number of halogens is 1. The molecule has 1 saturated heterocycles. The molecule has 0 spiro atoms. The Balaban J connectivity index is 2.24. The number of para-hydroxylation sites is 1. The lowest BCUT2D eigenvalue weighted by atomic mass is 10.2. The van der Waals surface area contributed by atoms with Gasteiger partial charge in [-0.2, -0.15) is 5.10 Å². The van der Waals surface area contributed by atoms with Crippen molar-refractivity contribution in [3.8, 4) is 0 Å². The van der Waals surface area contributed by atoms with E-state index in [1.165, 1.54) is 6.07 Å². The summed E-state index contributed by atoms with van der Waals surface area (Å²) < 4.78 is 15.7. The first-order valence-electron chi connectivity index (χ1n) is 5.61. The zero-order valence-corrected chi connectivity index (χ0v) is 9.20. The summed E-state index contributed by atoms with van der Waals surface area (Å²) in [6, 6.07) is 5.46. The van der Waals surface area contributed by atoms with Gasteiger partial charge in [-0.15, -0.1) is 0 Å². The average Bonchev–Trinajstić information content (AvgIpc) is 2.87.